The van der Waals surface area contributed by atoms with E-state index >= 15 is 0 Å². The van der Waals surface area contributed by atoms with Crippen LogP contribution in [0.15, 0.2) is 23.2 Å². The number of ether oxygens (including phenoxy) is 2. The van der Waals surface area contributed by atoms with Gasteiger partial charge in [0.15, 0.2) is 17.5 Å². The minimum Gasteiger partial charge on any atom is -0.454 e. The Balaban J connectivity index is 0.00000192. The highest BCUT2D eigenvalue weighted by Gasteiger charge is 2.15. The van der Waals surface area contributed by atoms with Crippen molar-refractivity contribution >= 4 is 41.7 Å². The van der Waals surface area contributed by atoms with Gasteiger partial charge in [-0.2, -0.15) is 11.8 Å². The summed E-state index contributed by atoms with van der Waals surface area (Å²) in [5.74, 6) is 5.84. The van der Waals surface area contributed by atoms with Crippen molar-refractivity contribution < 1.29 is 9.47 Å². The number of hydrogen-bond donors (Lipinski definition) is 2. The van der Waals surface area contributed by atoms with Crippen LogP contribution in [0.2, 0.25) is 0 Å². The number of rotatable bonds is 4. The molecule has 2 aliphatic heterocycles. The quantitative estimate of drug-likeness (QED) is 0.421. The number of aliphatic imine (C=N–C) groups is 1. The van der Waals surface area contributed by atoms with Gasteiger partial charge in [-0.05, 0) is 48.0 Å². The molecule has 0 spiro atoms. The zero-order chi connectivity index (χ0) is 15.2. The Morgan fingerprint density at radius 3 is 2.78 bits per heavy atom. The number of nitrogens with zero attached hydrogens (tertiary/aromatic N) is 1. The molecule has 0 bridgehead atoms. The summed E-state index contributed by atoms with van der Waals surface area (Å²) in [7, 11) is 1.81. The molecule has 2 aliphatic rings. The molecular weight excluding hydrogens is 425 g/mol. The molecule has 7 heteroatoms. The largest absolute Gasteiger partial charge is 0.454 e. The molecule has 3 rings (SSSR count). The number of benzene rings is 1. The molecule has 0 aromatic heterocycles. The van der Waals surface area contributed by atoms with Crippen molar-refractivity contribution in [2.24, 2.45) is 10.9 Å². The Hall–Kier alpha value is -0.830. The second kappa shape index (κ2) is 9.46. The lowest BCUT2D eigenvalue weighted by atomic mass is 10.0. The molecule has 0 radical (unpaired) electrons. The van der Waals surface area contributed by atoms with E-state index in [9.17, 15) is 0 Å². The first-order valence-corrected chi connectivity index (χ1v) is 8.91. The number of guanidine groups is 1. The van der Waals surface area contributed by atoms with Crippen LogP contribution in [0.5, 0.6) is 11.5 Å². The summed E-state index contributed by atoms with van der Waals surface area (Å²) in [6.45, 7) is 2.04. The molecule has 0 saturated carbocycles. The van der Waals surface area contributed by atoms with Crippen molar-refractivity contribution in [3.8, 4) is 11.5 Å². The molecule has 1 saturated heterocycles. The molecule has 0 unspecified atom stereocenters. The van der Waals surface area contributed by atoms with E-state index in [1.807, 2.05) is 25.2 Å². The number of hydrogen-bond acceptors (Lipinski definition) is 4. The third-order valence-electron chi connectivity index (χ3n) is 4.02. The smallest absolute Gasteiger partial charge is 0.231 e. The Labute approximate surface area is 159 Å². The van der Waals surface area contributed by atoms with Gasteiger partial charge in [-0.1, -0.05) is 6.07 Å². The maximum absolute atomic E-state index is 5.40. The monoisotopic (exact) mass is 449 g/mol. The van der Waals surface area contributed by atoms with Crippen LogP contribution in [-0.2, 0) is 6.54 Å². The van der Waals surface area contributed by atoms with Gasteiger partial charge in [0.2, 0.25) is 6.79 Å². The number of halogens is 1. The van der Waals surface area contributed by atoms with E-state index in [1.54, 1.807) is 0 Å². The molecule has 0 atom stereocenters. The number of thioether (sulfide) groups is 1. The zero-order valence-electron chi connectivity index (χ0n) is 13.3. The predicted octanol–water partition coefficient (Wildman–Crippen LogP) is 2.84. The van der Waals surface area contributed by atoms with Crippen LogP contribution in [-0.4, -0.2) is 37.9 Å². The third kappa shape index (κ3) is 5.34. The van der Waals surface area contributed by atoms with E-state index in [0.29, 0.717) is 6.79 Å². The molecule has 0 amide bonds. The Kier molecular flexibility index (Phi) is 7.61. The summed E-state index contributed by atoms with van der Waals surface area (Å²) in [5, 5.41) is 6.79. The van der Waals surface area contributed by atoms with Crippen LogP contribution < -0.4 is 20.1 Å². The molecule has 23 heavy (non-hydrogen) atoms. The Morgan fingerprint density at radius 1 is 1.22 bits per heavy atom. The molecule has 128 valence electrons. The molecule has 1 aromatic carbocycles. The van der Waals surface area contributed by atoms with Crippen LogP contribution in [0, 0.1) is 5.92 Å². The van der Waals surface area contributed by atoms with E-state index in [2.05, 4.69) is 27.4 Å². The minimum absolute atomic E-state index is 0. The highest BCUT2D eigenvalue weighted by molar-refractivity contribution is 14.0. The standard InChI is InChI=1S/C16H23N3O2S.HI/c1-17-16(18-9-12-4-6-22-7-5-12)19-10-13-2-3-14-15(8-13)21-11-20-14;/h2-3,8,12H,4-7,9-11H2,1H3,(H2,17,18,19);1H. The maximum atomic E-state index is 5.40. The van der Waals surface area contributed by atoms with Crippen molar-refractivity contribution in [3.05, 3.63) is 23.8 Å². The number of nitrogens with one attached hydrogen (secondary N) is 2. The SMILES string of the molecule is CN=C(NCc1ccc2c(c1)OCO2)NCC1CCSCC1.I. The third-order valence-corrected chi connectivity index (χ3v) is 5.07. The summed E-state index contributed by atoms with van der Waals surface area (Å²) < 4.78 is 10.7. The van der Waals surface area contributed by atoms with Crippen LogP contribution in [0.4, 0.5) is 0 Å². The van der Waals surface area contributed by atoms with Crippen molar-refractivity contribution in [2.45, 2.75) is 19.4 Å². The van der Waals surface area contributed by atoms with Gasteiger partial charge >= 0.3 is 0 Å². The fourth-order valence-corrected chi connectivity index (χ4v) is 3.85. The van der Waals surface area contributed by atoms with Gasteiger partial charge in [0.05, 0.1) is 0 Å². The minimum atomic E-state index is 0. The van der Waals surface area contributed by atoms with Crippen molar-refractivity contribution in [1.82, 2.24) is 10.6 Å². The average Bonchev–Trinajstić information content (AvgIpc) is 3.03. The lowest BCUT2D eigenvalue weighted by Crippen LogP contribution is -2.40. The van der Waals surface area contributed by atoms with Gasteiger partial charge in [-0.25, -0.2) is 0 Å². The van der Waals surface area contributed by atoms with E-state index in [4.69, 9.17) is 9.47 Å². The van der Waals surface area contributed by atoms with Gasteiger partial charge in [0.25, 0.3) is 0 Å². The van der Waals surface area contributed by atoms with Gasteiger partial charge in [-0.15, -0.1) is 24.0 Å². The molecule has 1 fully saturated rings. The van der Waals surface area contributed by atoms with E-state index < -0.39 is 0 Å². The van der Waals surface area contributed by atoms with E-state index in [-0.39, 0.29) is 24.0 Å². The van der Waals surface area contributed by atoms with Crippen LogP contribution in [0.3, 0.4) is 0 Å². The molecule has 5 nitrogen and oxygen atoms in total. The van der Waals surface area contributed by atoms with Crippen molar-refractivity contribution in [2.75, 3.05) is 31.9 Å². The normalized spacial score (nSPS) is 17.5. The van der Waals surface area contributed by atoms with Crippen LogP contribution >= 0.6 is 35.7 Å². The summed E-state index contributed by atoms with van der Waals surface area (Å²) >= 11 is 2.06. The second-order valence-corrected chi connectivity index (χ2v) is 6.77. The van der Waals surface area contributed by atoms with Crippen molar-refractivity contribution in [1.29, 1.82) is 0 Å². The Morgan fingerprint density at radius 2 is 2.00 bits per heavy atom. The van der Waals surface area contributed by atoms with Crippen LogP contribution in [0.1, 0.15) is 18.4 Å². The summed E-state index contributed by atoms with van der Waals surface area (Å²) in [6.07, 6.45) is 2.60. The summed E-state index contributed by atoms with van der Waals surface area (Å²) in [6, 6.07) is 6.02. The summed E-state index contributed by atoms with van der Waals surface area (Å²) in [4.78, 5) is 4.29. The Bertz CT molecular complexity index is 536. The molecule has 0 aliphatic carbocycles. The lowest BCUT2D eigenvalue weighted by Gasteiger charge is -2.22. The first kappa shape index (κ1) is 18.5. The second-order valence-electron chi connectivity index (χ2n) is 5.55. The zero-order valence-corrected chi connectivity index (χ0v) is 16.5. The first-order valence-electron chi connectivity index (χ1n) is 7.76. The fraction of sp³-hybridized carbons (Fsp3) is 0.562. The molecular formula is C16H24IN3O2S. The van der Waals surface area contributed by atoms with Gasteiger partial charge < -0.3 is 20.1 Å². The van der Waals surface area contributed by atoms with E-state index in [0.717, 1.165) is 42.0 Å². The van der Waals surface area contributed by atoms with Gasteiger partial charge in [0.1, 0.15) is 0 Å². The lowest BCUT2D eigenvalue weighted by molar-refractivity contribution is 0.174. The molecule has 1 aromatic rings. The molecule has 2 heterocycles. The topological polar surface area (TPSA) is 54.9 Å². The summed E-state index contributed by atoms with van der Waals surface area (Å²) in [5.41, 5.74) is 1.15. The first-order chi connectivity index (χ1) is 10.8. The average molecular weight is 449 g/mol. The van der Waals surface area contributed by atoms with Crippen LogP contribution in [0.25, 0.3) is 0 Å². The highest BCUT2D eigenvalue weighted by atomic mass is 127. The maximum Gasteiger partial charge on any atom is 0.231 e. The van der Waals surface area contributed by atoms with Gasteiger partial charge in [0, 0.05) is 20.1 Å². The highest BCUT2D eigenvalue weighted by Crippen LogP contribution is 2.32. The fourth-order valence-electron chi connectivity index (χ4n) is 2.65. The molecule has 2 N–H and O–H groups in total. The van der Waals surface area contributed by atoms with Crippen molar-refractivity contribution in [3.63, 3.8) is 0 Å². The predicted molar refractivity (Wildman–Crippen MR) is 106 cm³/mol. The van der Waals surface area contributed by atoms with Gasteiger partial charge in [-0.3, -0.25) is 4.99 Å². The number of fused-ring (bicyclic) bond motifs is 1. The van der Waals surface area contributed by atoms with E-state index in [1.165, 1.54) is 24.3 Å².